The third-order valence-electron chi connectivity index (χ3n) is 4.58. The van der Waals surface area contributed by atoms with Crippen molar-refractivity contribution >= 4 is 0 Å². The second-order valence-corrected chi connectivity index (χ2v) is 6.18. The highest BCUT2D eigenvalue weighted by Crippen LogP contribution is 2.30. The van der Waals surface area contributed by atoms with Gasteiger partial charge < -0.3 is 10.1 Å². The third kappa shape index (κ3) is 3.18. The van der Waals surface area contributed by atoms with Crippen molar-refractivity contribution in [1.82, 2.24) is 5.32 Å². The molecule has 0 radical (unpaired) electrons. The number of likely N-dealkylation sites (N-methyl/N-ethyl adjacent to an activating group) is 1. The summed E-state index contributed by atoms with van der Waals surface area (Å²) in [6.07, 6.45) is 3.83. The second-order valence-electron chi connectivity index (χ2n) is 6.18. The normalized spacial score (nSPS) is 21.6. The summed E-state index contributed by atoms with van der Waals surface area (Å²) in [6.45, 7) is 7.76. The zero-order valence-electron chi connectivity index (χ0n) is 12.7. The summed E-state index contributed by atoms with van der Waals surface area (Å²) in [6, 6.07) is 9.39. The Morgan fingerprint density at radius 1 is 1.32 bits per heavy atom. The Labute approximate surface area is 117 Å². The van der Waals surface area contributed by atoms with E-state index in [1.165, 1.54) is 17.5 Å². The number of hydrogen-bond acceptors (Lipinski definition) is 2. The molecule has 2 unspecified atom stereocenters. The predicted molar refractivity (Wildman–Crippen MR) is 80.5 cm³/mol. The van der Waals surface area contributed by atoms with Gasteiger partial charge in [0.15, 0.2) is 0 Å². The van der Waals surface area contributed by atoms with E-state index in [2.05, 4.69) is 50.4 Å². The zero-order valence-corrected chi connectivity index (χ0v) is 12.7. The second kappa shape index (κ2) is 6.06. The lowest BCUT2D eigenvalue weighted by Crippen LogP contribution is -2.29. The lowest BCUT2D eigenvalue weighted by Gasteiger charge is -2.26. The maximum Gasteiger partial charge on any atom is 0.0770 e. The van der Waals surface area contributed by atoms with Gasteiger partial charge in [0, 0.05) is 6.61 Å². The average molecular weight is 261 g/mol. The first-order valence-electron chi connectivity index (χ1n) is 7.48. The molecule has 1 fully saturated rings. The quantitative estimate of drug-likeness (QED) is 0.870. The van der Waals surface area contributed by atoms with Gasteiger partial charge in [0.05, 0.1) is 12.1 Å². The fraction of sp³-hybridized carbons (Fsp3) is 0.647. The van der Waals surface area contributed by atoms with Crippen molar-refractivity contribution in [2.45, 2.75) is 57.6 Å². The Bertz CT molecular complexity index is 390. The van der Waals surface area contributed by atoms with Crippen molar-refractivity contribution in [2.75, 3.05) is 13.7 Å². The molecule has 1 aromatic carbocycles. The van der Waals surface area contributed by atoms with Gasteiger partial charge in [0.25, 0.3) is 0 Å². The summed E-state index contributed by atoms with van der Waals surface area (Å²) in [4.78, 5) is 0. The summed E-state index contributed by atoms with van der Waals surface area (Å²) in [5.74, 6) is 0. The van der Waals surface area contributed by atoms with Gasteiger partial charge >= 0.3 is 0 Å². The molecule has 1 aliphatic rings. The molecule has 1 N–H and O–H groups in total. The molecule has 1 aliphatic heterocycles. The van der Waals surface area contributed by atoms with Gasteiger partial charge in [0.1, 0.15) is 0 Å². The summed E-state index contributed by atoms with van der Waals surface area (Å²) in [5.41, 5.74) is 3.02. The summed E-state index contributed by atoms with van der Waals surface area (Å²) >= 11 is 0. The summed E-state index contributed by atoms with van der Waals surface area (Å²) in [5, 5.41) is 3.41. The van der Waals surface area contributed by atoms with Crippen molar-refractivity contribution in [2.24, 2.45) is 0 Å². The summed E-state index contributed by atoms with van der Waals surface area (Å²) in [7, 11) is 2.02. The van der Waals surface area contributed by atoms with E-state index in [1.54, 1.807) is 0 Å². The van der Waals surface area contributed by atoms with Crippen molar-refractivity contribution < 1.29 is 4.74 Å². The number of rotatable bonds is 5. The topological polar surface area (TPSA) is 21.3 Å². The standard InChI is InChI=1S/C17H27NO/c1-5-17(2,3)14-10-8-13(9-11-14)16(18-4)15-7-6-12-19-15/h8-11,15-16,18H,5-7,12H2,1-4H3. The van der Waals surface area contributed by atoms with Crippen LogP contribution >= 0.6 is 0 Å². The van der Waals surface area contributed by atoms with Crippen LogP contribution in [-0.4, -0.2) is 19.8 Å². The van der Waals surface area contributed by atoms with E-state index in [4.69, 9.17) is 4.74 Å². The van der Waals surface area contributed by atoms with Gasteiger partial charge in [-0.05, 0) is 42.9 Å². The zero-order chi connectivity index (χ0) is 13.9. The first kappa shape index (κ1) is 14.5. The lowest BCUT2D eigenvalue weighted by molar-refractivity contribution is 0.0807. The largest absolute Gasteiger partial charge is 0.376 e. The fourth-order valence-electron chi connectivity index (χ4n) is 2.78. The molecule has 0 saturated carbocycles. The molecule has 106 valence electrons. The summed E-state index contributed by atoms with van der Waals surface area (Å²) < 4.78 is 5.82. The van der Waals surface area contributed by atoms with E-state index in [0.29, 0.717) is 12.1 Å². The highest BCUT2D eigenvalue weighted by molar-refractivity contribution is 5.30. The van der Waals surface area contributed by atoms with Crippen LogP contribution in [-0.2, 0) is 10.2 Å². The van der Waals surface area contributed by atoms with Gasteiger partial charge in [-0.2, -0.15) is 0 Å². The molecule has 0 aromatic heterocycles. The average Bonchev–Trinajstić information content (AvgIpc) is 2.94. The first-order chi connectivity index (χ1) is 9.08. The Morgan fingerprint density at radius 3 is 2.47 bits per heavy atom. The van der Waals surface area contributed by atoms with Crippen LogP contribution in [0.1, 0.15) is 57.2 Å². The van der Waals surface area contributed by atoms with Crippen LogP contribution in [0.15, 0.2) is 24.3 Å². The van der Waals surface area contributed by atoms with Crippen LogP contribution < -0.4 is 5.32 Å². The molecule has 2 atom stereocenters. The minimum atomic E-state index is 0.261. The van der Waals surface area contributed by atoms with Crippen molar-refractivity contribution in [3.8, 4) is 0 Å². The Morgan fingerprint density at radius 2 is 2.00 bits per heavy atom. The Kier molecular flexibility index (Phi) is 4.64. The van der Waals surface area contributed by atoms with Crippen molar-refractivity contribution in [1.29, 1.82) is 0 Å². The van der Waals surface area contributed by atoms with Gasteiger partial charge in [-0.25, -0.2) is 0 Å². The van der Waals surface area contributed by atoms with Crippen LogP contribution in [0, 0.1) is 0 Å². The number of hydrogen-bond donors (Lipinski definition) is 1. The molecule has 19 heavy (non-hydrogen) atoms. The highest BCUT2D eigenvalue weighted by atomic mass is 16.5. The molecule has 0 spiro atoms. The van der Waals surface area contributed by atoms with E-state index in [-0.39, 0.29) is 5.41 Å². The van der Waals surface area contributed by atoms with E-state index >= 15 is 0 Å². The van der Waals surface area contributed by atoms with Crippen LogP contribution in [0.25, 0.3) is 0 Å². The maximum atomic E-state index is 5.82. The Balaban J connectivity index is 2.16. The highest BCUT2D eigenvalue weighted by Gasteiger charge is 2.26. The predicted octanol–water partition coefficient (Wildman–Crippen LogP) is 3.81. The SMILES string of the molecule is CCC(C)(C)c1ccc(C(NC)C2CCCO2)cc1. The number of benzene rings is 1. The van der Waals surface area contributed by atoms with E-state index in [0.717, 1.165) is 19.4 Å². The lowest BCUT2D eigenvalue weighted by atomic mass is 9.81. The van der Waals surface area contributed by atoms with Gasteiger partial charge in [0.2, 0.25) is 0 Å². The minimum absolute atomic E-state index is 0.261. The number of ether oxygens (including phenoxy) is 1. The first-order valence-corrected chi connectivity index (χ1v) is 7.48. The minimum Gasteiger partial charge on any atom is -0.376 e. The molecule has 2 rings (SSSR count). The third-order valence-corrected chi connectivity index (χ3v) is 4.58. The van der Waals surface area contributed by atoms with Gasteiger partial charge in [-0.3, -0.25) is 0 Å². The van der Waals surface area contributed by atoms with Crippen LogP contribution in [0.2, 0.25) is 0 Å². The molecule has 0 bridgehead atoms. The molecular formula is C17H27NO. The van der Waals surface area contributed by atoms with Crippen molar-refractivity contribution in [3.63, 3.8) is 0 Å². The van der Waals surface area contributed by atoms with Crippen LogP contribution in [0.4, 0.5) is 0 Å². The molecule has 1 saturated heterocycles. The van der Waals surface area contributed by atoms with Gasteiger partial charge in [-0.1, -0.05) is 45.0 Å². The van der Waals surface area contributed by atoms with E-state index in [1.807, 2.05) is 7.05 Å². The monoisotopic (exact) mass is 261 g/mol. The van der Waals surface area contributed by atoms with Crippen LogP contribution in [0.5, 0.6) is 0 Å². The molecular weight excluding hydrogens is 234 g/mol. The number of nitrogens with one attached hydrogen (secondary N) is 1. The van der Waals surface area contributed by atoms with Crippen LogP contribution in [0.3, 0.4) is 0 Å². The molecule has 2 heteroatoms. The van der Waals surface area contributed by atoms with Crippen molar-refractivity contribution in [3.05, 3.63) is 35.4 Å². The molecule has 1 heterocycles. The van der Waals surface area contributed by atoms with E-state index in [9.17, 15) is 0 Å². The van der Waals surface area contributed by atoms with E-state index < -0.39 is 0 Å². The van der Waals surface area contributed by atoms with Gasteiger partial charge in [-0.15, -0.1) is 0 Å². The Hall–Kier alpha value is -0.860. The molecule has 0 aliphatic carbocycles. The maximum absolute atomic E-state index is 5.82. The molecule has 2 nitrogen and oxygen atoms in total. The molecule has 0 amide bonds. The molecule has 1 aromatic rings. The fourth-order valence-corrected chi connectivity index (χ4v) is 2.78. The smallest absolute Gasteiger partial charge is 0.0770 e.